The lowest BCUT2D eigenvalue weighted by molar-refractivity contribution is -0.0674. The van der Waals surface area contributed by atoms with Crippen LogP contribution in [0.5, 0.6) is 0 Å². The van der Waals surface area contributed by atoms with Crippen LogP contribution in [0.2, 0.25) is 0 Å². The van der Waals surface area contributed by atoms with Crippen molar-refractivity contribution in [3.63, 3.8) is 0 Å². The van der Waals surface area contributed by atoms with Crippen molar-refractivity contribution in [3.8, 4) is 0 Å². The summed E-state index contributed by atoms with van der Waals surface area (Å²) in [5, 5.41) is 0. The Morgan fingerprint density at radius 1 is 1.13 bits per heavy atom. The second-order valence-corrected chi connectivity index (χ2v) is 7.16. The van der Waals surface area contributed by atoms with Crippen molar-refractivity contribution in [1.82, 2.24) is 0 Å². The van der Waals surface area contributed by atoms with Crippen molar-refractivity contribution in [3.05, 3.63) is 12.2 Å². The minimum Gasteiger partial charge on any atom is -0.0995 e. The third-order valence-electron chi connectivity index (χ3n) is 6.54. The highest BCUT2D eigenvalue weighted by Crippen LogP contribution is 2.77. The molecule has 0 heterocycles. The Balaban J connectivity index is 2.16. The standard InChI is InChI=1S/C15H24/c1-11-10-15-9-6-12(11)14(15,4)8-5-7-13(15,2)3/h12H,1,5-10H2,2-4H3/t12-,14+,15+/m1/s1. The monoisotopic (exact) mass is 204 g/mol. The summed E-state index contributed by atoms with van der Waals surface area (Å²) in [4.78, 5) is 0. The second kappa shape index (κ2) is 2.52. The van der Waals surface area contributed by atoms with Gasteiger partial charge in [-0.3, -0.25) is 0 Å². The molecule has 3 fully saturated rings. The van der Waals surface area contributed by atoms with Gasteiger partial charge in [-0.05, 0) is 54.3 Å². The Kier molecular flexibility index (Phi) is 1.67. The summed E-state index contributed by atoms with van der Waals surface area (Å²) in [6.07, 6.45) is 8.57. The molecular weight excluding hydrogens is 180 g/mol. The van der Waals surface area contributed by atoms with Crippen LogP contribution in [0, 0.1) is 22.2 Å². The predicted octanol–water partition coefficient (Wildman–Crippen LogP) is 4.56. The third-order valence-corrected chi connectivity index (χ3v) is 6.54. The van der Waals surface area contributed by atoms with E-state index < -0.39 is 0 Å². The summed E-state index contributed by atoms with van der Waals surface area (Å²) in [5.41, 5.74) is 3.35. The van der Waals surface area contributed by atoms with E-state index >= 15 is 0 Å². The van der Waals surface area contributed by atoms with Gasteiger partial charge >= 0.3 is 0 Å². The van der Waals surface area contributed by atoms with Crippen LogP contribution >= 0.6 is 0 Å². The zero-order chi connectivity index (χ0) is 10.9. The summed E-state index contributed by atoms with van der Waals surface area (Å²) < 4.78 is 0. The molecule has 3 aliphatic rings. The van der Waals surface area contributed by atoms with E-state index in [1.165, 1.54) is 38.5 Å². The summed E-state index contributed by atoms with van der Waals surface area (Å²) >= 11 is 0. The Bertz CT molecular complexity index is 325. The van der Waals surface area contributed by atoms with Gasteiger partial charge in [0, 0.05) is 0 Å². The molecule has 0 aromatic rings. The van der Waals surface area contributed by atoms with E-state index in [1.54, 1.807) is 5.57 Å². The van der Waals surface area contributed by atoms with Crippen molar-refractivity contribution < 1.29 is 0 Å². The number of allylic oxidation sites excluding steroid dienone is 1. The maximum Gasteiger partial charge on any atom is -0.0146 e. The van der Waals surface area contributed by atoms with Gasteiger partial charge in [-0.15, -0.1) is 0 Å². The lowest BCUT2D eigenvalue weighted by Gasteiger charge is -2.55. The van der Waals surface area contributed by atoms with Crippen molar-refractivity contribution in [2.24, 2.45) is 22.2 Å². The number of rotatable bonds is 0. The van der Waals surface area contributed by atoms with Gasteiger partial charge in [-0.2, -0.15) is 0 Å². The van der Waals surface area contributed by atoms with Crippen LogP contribution in [-0.2, 0) is 0 Å². The number of hydrogen-bond acceptors (Lipinski definition) is 0. The van der Waals surface area contributed by atoms with E-state index in [2.05, 4.69) is 27.4 Å². The highest BCUT2D eigenvalue weighted by atomic mass is 14.7. The molecule has 84 valence electrons. The van der Waals surface area contributed by atoms with Gasteiger partial charge in [0.25, 0.3) is 0 Å². The van der Waals surface area contributed by atoms with Gasteiger partial charge in [-0.25, -0.2) is 0 Å². The summed E-state index contributed by atoms with van der Waals surface area (Å²) in [6.45, 7) is 12.0. The molecular formula is C15H24. The van der Waals surface area contributed by atoms with Crippen LogP contribution in [0.25, 0.3) is 0 Å². The fraction of sp³-hybridized carbons (Fsp3) is 0.867. The topological polar surface area (TPSA) is 0 Å². The molecule has 2 bridgehead atoms. The Morgan fingerprint density at radius 3 is 2.47 bits per heavy atom. The molecule has 3 saturated carbocycles. The summed E-state index contributed by atoms with van der Waals surface area (Å²) in [6, 6.07) is 0. The lowest BCUT2D eigenvalue weighted by atomic mass is 9.49. The zero-order valence-electron chi connectivity index (χ0n) is 10.5. The van der Waals surface area contributed by atoms with E-state index in [0.717, 1.165) is 5.92 Å². The molecule has 0 amide bonds. The lowest BCUT2D eigenvalue weighted by Crippen LogP contribution is -2.48. The maximum absolute atomic E-state index is 4.37. The minimum atomic E-state index is 0.550. The molecule has 3 atom stereocenters. The zero-order valence-corrected chi connectivity index (χ0v) is 10.5. The summed E-state index contributed by atoms with van der Waals surface area (Å²) in [7, 11) is 0. The van der Waals surface area contributed by atoms with Crippen molar-refractivity contribution in [1.29, 1.82) is 0 Å². The average molecular weight is 204 g/mol. The Morgan fingerprint density at radius 2 is 1.87 bits per heavy atom. The van der Waals surface area contributed by atoms with Crippen LogP contribution in [0.15, 0.2) is 12.2 Å². The van der Waals surface area contributed by atoms with Crippen molar-refractivity contribution >= 4 is 0 Å². The van der Waals surface area contributed by atoms with Crippen molar-refractivity contribution in [2.75, 3.05) is 0 Å². The van der Waals surface area contributed by atoms with E-state index in [1.807, 2.05) is 0 Å². The van der Waals surface area contributed by atoms with Crippen LogP contribution in [0.4, 0.5) is 0 Å². The average Bonchev–Trinajstić information content (AvgIpc) is 2.53. The van der Waals surface area contributed by atoms with Crippen LogP contribution in [-0.4, -0.2) is 0 Å². The van der Waals surface area contributed by atoms with Gasteiger partial charge < -0.3 is 0 Å². The predicted molar refractivity (Wildman–Crippen MR) is 64.7 cm³/mol. The SMILES string of the molecule is C=C1C[C@]23CC[C@H]1[C@]2(C)CCCC3(C)C. The summed E-state index contributed by atoms with van der Waals surface area (Å²) in [5.74, 6) is 0.858. The minimum absolute atomic E-state index is 0.550. The highest BCUT2D eigenvalue weighted by Gasteiger charge is 2.68. The van der Waals surface area contributed by atoms with E-state index in [4.69, 9.17) is 0 Å². The third kappa shape index (κ3) is 0.867. The molecule has 15 heavy (non-hydrogen) atoms. The molecule has 0 heteroatoms. The fourth-order valence-corrected chi connectivity index (χ4v) is 5.69. The van der Waals surface area contributed by atoms with Crippen LogP contribution < -0.4 is 0 Å². The first-order chi connectivity index (χ1) is 6.93. The first-order valence-electron chi connectivity index (χ1n) is 6.61. The fourth-order valence-electron chi connectivity index (χ4n) is 5.69. The highest BCUT2D eigenvalue weighted by molar-refractivity contribution is 5.30. The second-order valence-electron chi connectivity index (χ2n) is 7.16. The largest absolute Gasteiger partial charge is 0.0995 e. The van der Waals surface area contributed by atoms with Crippen molar-refractivity contribution in [2.45, 2.75) is 59.3 Å². The van der Waals surface area contributed by atoms with E-state index in [9.17, 15) is 0 Å². The van der Waals surface area contributed by atoms with Gasteiger partial charge in [0.1, 0.15) is 0 Å². The Hall–Kier alpha value is -0.260. The normalized spacial score (nSPS) is 51.9. The molecule has 0 unspecified atom stereocenters. The molecule has 3 aliphatic carbocycles. The molecule has 0 N–H and O–H groups in total. The molecule has 0 saturated heterocycles. The first-order valence-corrected chi connectivity index (χ1v) is 6.61. The Labute approximate surface area is 94.1 Å². The molecule has 0 nitrogen and oxygen atoms in total. The maximum atomic E-state index is 4.37. The van der Waals surface area contributed by atoms with Crippen LogP contribution in [0.3, 0.4) is 0 Å². The van der Waals surface area contributed by atoms with E-state index in [-0.39, 0.29) is 0 Å². The van der Waals surface area contributed by atoms with Crippen LogP contribution in [0.1, 0.15) is 59.3 Å². The number of hydrogen-bond donors (Lipinski definition) is 0. The van der Waals surface area contributed by atoms with Gasteiger partial charge in [0.15, 0.2) is 0 Å². The molecule has 0 aromatic heterocycles. The first kappa shape index (κ1) is 9.93. The van der Waals surface area contributed by atoms with Gasteiger partial charge in [-0.1, -0.05) is 39.3 Å². The van der Waals surface area contributed by atoms with Gasteiger partial charge in [0.2, 0.25) is 0 Å². The quantitative estimate of drug-likeness (QED) is 0.507. The molecule has 0 spiro atoms. The molecule has 0 radical (unpaired) electrons. The smallest absolute Gasteiger partial charge is 0.0146 e. The molecule has 0 aromatic carbocycles. The molecule has 0 aliphatic heterocycles. The molecule has 3 rings (SSSR count). The van der Waals surface area contributed by atoms with Gasteiger partial charge in [0.05, 0.1) is 0 Å². The van der Waals surface area contributed by atoms with E-state index in [0.29, 0.717) is 16.2 Å².